The number of anilines is 2. The lowest BCUT2D eigenvalue weighted by Gasteiger charge is -2.41. The van der Waals surface area contributed by atoms with Gasteiger partial charge in [-0.05, 0) is 38.0 Å². The van der Waals surface area contributed by atoms with Crippen molar-refractivity contribution >= 4 is 45.9 Å². The first-order valence-electron chi connectivity index (χ1n) is 10.5. The fraction of sp³-hybridized carbons (Fsp3) is 0.391. The van der Waals surface area contributed by atoms with Crippen molar-refractivity contribution in [2.24, 2.45) is 5.92 Å². The first kappa shape index (κ1) is 20.3. The van der Waals surface area contributed by atoms with Gasteiger partial charge in [-0.2, -0.15) is 0 Å². The molecule has 2 aliphatic heterocycles. The zero-order valence-electron chi connectivity index (χ0n) is 17.2. The number of piperidine rings is 1. The van der Waals surface area contributed by atoms with Gasteiger partial charge in [0, 0.05) is 60.8 Å². The fourth-order valence-corrected chi connectivity index (χ4v) is 4.72. The molecule has 31 heavy (non-hydrogen) atoms. The minimum atomic E-state index is 0.286. The predicted molar refractivity (Wildman–Crippen MR) is 125 cm³/mol. The maximum Gasteiger partial charge on any atom is 0.227 e. The van der Waals surface area contributed by atoms with E-state index in [0.29, 0.717) is 22.0 Å². The second-order valence-corrected chi connectivity index (χ2v) is 8.79. The van der Waals surface area contributed by atoms with Gasteiger partial charge in [-0.1, -0.05) is 23.2 Å². The second kappa shape index (κ2) is 8.49. The summed E-state index contributed by atoms with van der Waals surface area (Å²) in [4.78, 5) is 23.0. The van der Waals surface area contributed by atoms with E-state index >= 15 is 0 Å². The van der Waals surface area contributed by atoms with Gasteiger partial charge < -0.3 is 9.80 Å². The van der Waals surface area contributed by atoms with Gasteiger partial charge in [0.1, 0.15) is 5.15 Å². The van der Waals surface area contributed by atoms with Crippen LogP contribution in [0.25, 0.3) is 10.9 Å². The van der Waals surface area contributed by atoms with Gasteiger partial charge >= 0.3 is 0 Å². The molecule has 0 amide bonds. The first-order valence-corrected chi connectivity index (χ1v) is 11.2. The van der Waals surface area contributed by atoms with Gasteiger partial charge in [-0.15, -0.1) is 11.8 Å². The number of benzene rings is 1. The maximum absolute atomic E-state index is 6.39. The van der Waals surface area contributed by atoms with Crippen LogP contribution in [0.5, 0.6) is 0 Å². The molecule has 6 nitrogen and oxygen atoms in total. The van der Waals surface area contributed by atoms with E-state index in [2.05, 4.69) is 36.6 Å². The van der Waals surface area contributed by atoms with Crippen molar-refractivity contribution in [1.82, 2.24) is 19.9 Å². The first-order chi connectivity index (χ1) is 15.1. The Kier molecular flexibility index (Phi) is 5.56. The van der Waals surface area contributed by atoms with Crippen LogP contribution in [0.4, 0.5) is 11.8 Å². The maximum atomic E-state index is 6.39. The molecule has 2 fully saturated rings. The Morgan fingerprint density at radius 3 is 2.55 bits per heavy atom. The van der Waals surface area contributed by atoms with Crippen molar-refractivity contribution in [2.45, 2.75) is 25.7 Å². The van der Waals surface area contributed by atoms with E-state index < -0.39 is 0 Å². The summed E-state index contributed by atoms with van der Waals surface area (Å²) in [6, 6.07) is 5.47. The topological polar surface area (TPSA) is 58.0 Å². The monoisotopic (exact) mass is 452 g/mol. The number of hydrogen-bond donors (Lipinski definition) is 0. The quantitative estimate of drug-likeness (QED) is 0.428. The molecule has 0 spiro atoms. The van der Waals surface area contributed by atoms with Crippen molar-refractivity contribution in [2.75, 3.05) is 36.0 Å². The highest BCUT2D eigenvalue weighted by atomic mass is 35.5. The van der Waals surface area contributed by atoms with E-state index in [0.717, 1.165) is 61.4 Å². The Bertz CT molecular complexity index is 1170. The minimum absolute atomic E-state index is 0.286. The highest BCUT2D eigenvalue weighted by Crippen LogP contribution is 2.35. The molecule has 5 rings (SSSR count). The molecule has 2 saturated heterocycles. The van der Waals surface area contributed by atoms with Gasteiger partial charge in [0.15, 0.2) is 5.82 Å². The molecule has 0 radical (unpaired) electrons. The van der Waals surface area contributed by atoms with Gasteiger partial charge in [0.05, 0.1) is 11.2 Å². The average Bonchev–Trinajstić information content (AvgIpc) is 2.74. The van der Waals surface area contributed by atoms with Crippen LogP contribution in [0, 0.1) is 17.8 Å². The van der Waals surface area contributed by atoms with Crippen molar-refractivity contribution in [3.05, 3.63) is 46.5 Å². The van der Waals surface area contributed by atoms with Crippen molar-refractivity contribution in [3.8, 4) is 11.8 Å². The molecule has 0 saturated carbocycles. The molecular weight excluding hydrogens is 431 g/mol. The lowest BCUT2D eigenvalue weighted by atomic mass is 9.94. The van der Waals surface area contributed by atoms with E-state index in [9.17, 15) is 0 Å². The van der Waals surface area contributed by atoms with Crippen LogP contribution in [-0.4, -0.2) is 46.1 Å². The molecule has 2 aliphatic rings. The highest BCUT2D eigenvalue weighted by Gasteiger charge is 2.35. The Balaban J connectivity index is 1.32. The van der Waals surface area contributed by atoms with Crippen molar-refractivity contribution in [1.29, 1.82) is 0 Å². The lowest BCUT2D eigenvalue weighted by Crippen LogP contribution is -2.47. The Morgan fingerprint density at radius 1 is 1.00 bits per heavy atom. The Hall–Kier alpha value is -2.62. The number of aromatic nitrogens is 4. The van der Waals surface area contributed by atoms with E-state index in [-0.39, 0.29) is 5.92 Å². The van der Waals surface area contributed by atoms with Gasteiger partial charge in [0.2, 0.25) is 5.95 Å². The molecule has 4 heterocycles. The summed E-state index contributed by atoms with van der Waals surface area (Å²) in [5.74, 6) is 8.76. The van der Waals surface area contributed by atoms with E-state index in [4.69, 9.17) is 28.2 Å². The summed E-state index contributed by atoms with van der Waals surface area (Å²) in [7, 11) is 0. The zero-order chi connectivity index (χ0) is 21.4. The number of halogens is 2. The fourth-order valence-electron chi connectivity index (χ4n) is 4.32. The molecule has 2 aromatic heterocycles. The van der Waals surface area contributed by atoms with Crippen molar-refractivity contribution < 1.29 is 0 Å². The minimum Gasteiger partial charge on any atom is -0.355 e. The molecule has 158 valence electrons. The standard InChI is InChI=1S/C23H22Cl2N6/c1-2-3-15-6-10-30(11-7-15)22-20(26-8-9-27-22)16-13-31(14-16)23-28-19-12-17(24)4-5-18(19)21(25)29-23/h4-5,8-9,12,15-16H,6-7,10-11,13-14H2,1H3. The van der Waals surface area contributed by atoms with Gasteiger partial charge in [0.25, 0.3) is 0 Å². The summed E-state index contributed by atoms with van der Waals surface area (Å²) in [6.45, 7) is 5.41. The smallest absolute Gasteiger partial charge is 0.227 e. The number of rotatable bonds is 3. The van der Waals surface area contributed by atoms with Gasteiger partial charge in [-0.25, -0.2) is 15.0 Å². The third-order valence-corrected chi connectivity index (χ3v) is 6.52. The van der Waals surface area contributed by atoms with Crippen LogP contribution >= 0.6 is 23.2 Å². The van der Waals surface area contributed by atoms with Crippen LogP contribution in [-0.2, 0) is 0 Å². The van der Waals surface area contributed by atoms with Crippen LogP contribution in [0.3, 0.4) is 0 Å². The largest absolute Gasteiger partial charge is 0.355 e. The Morgan fingerprint density at radius 2 is 1.77 bits per heavy atom. The Labute approximate surface area is 191 Å². The number of fused-ring (bicyclic) bond motifs is 1. The number of hydrogen-bond acceptors (Lipinski definition) is 6. The summed E-state index contributed by atoms with van der Waals surface area (Å²) in [5.41, 5.74) is 1.80. The molecule has 0 bridgehead atoms. The summed E-state index contributed by atoms with van der Waals surface area (Å²) >= 11 is 12.5. The van der Waals surface area contributed by atoms with E-state index in [1.807, 2.05) is 19.1 Å². The van der Waals surface area contributed by atoms with E-state index in [1.54, 1.807) is 18.5 Å². The molecule has 3 aromatic rings. The normalized spacial score (nSPS) is 17.4. The molecule has 1 aromatic carbocycles. The lowest BCUT2D eigenvalue weighted by molar-refractivity contribution is 0.474. The second-order valence-electron chi connectivity index (χ2n) is 8.00. The summed E-state index contributed by atoms with van der Waals surface area (Å²) in [5, 5.41) is 1.88. The SMILES string of the molecule is CC#CC1CCN(c2nccnc2C2CN(c3nc(Cl)c4ccc(Cl)cc4n3)C2)CC1. The molecule has 0 unspecified atom stereocenters. The third kappa shape index (κ3) is 4.00. The predicted octanol–water partition coefficient (Wildman–Crippen LogP) is 4.57. The average molecular weight is 453 g/mol. The molecular formula is C23H22Cl2N6. The summed E-state index contributed by atoms with van der Waals surface area (Å²) < 4.78 is 0. The molecule has 8 heteroatoms. The summed E-state index contributed by atoms with van der Waals surface area (Å²) in [6.07, 6.45) is 5.70. The third-order valence-electron chi connectivity index (χ3n) is 6.00. The van der Waals surface area contributed by atoms with Crippen LogP contribution in [0.1, 0.15) is 31.4 Å². The molecule has 0 N–H and O–H groups in total. The van der Waals surface area contributed by atoms with E-state index in [1.165, 1.54) is 0 Å². The van der Waals surface area contributed by atoms with Crippen molar-refractivity contribution in [3.63, 3.8) is 0 Å². The van der Waals surface area contributed by atoms with Gasteiger partial charge in [-0.3, -0.25) is 4.98 Å². The zero-order valence-corrected chi connectivity index (χ0v) is 18.7. The molecule has 0 aliphatic carbocycles. The number of nitrogens with zero attached hydrogens (tertiary/aromatic N) is 6. The van der Waals surface area contributed by atoms with Crippen LogP contribution in [0.15, 0.2) is 30.6 Å². The van der Waals surface area contributed by atoms with Crippen LogP contribution in [0.2, 0.25) is 10.2 Å². The van der Waals surface area contributed by atoms with Crippen LogP contribution < -0.4 is 9.80 Å². The molecule has 0 atom stereocenters. The highest BCUT2D eigenvalue weighted by molar-refractivity contribution is 6.35.